The van der Waals surface area contributed by atoms with Gasteiger partial charge in [-0.2, -0.15) is 0 Å². The molecule has 0 atom stereocenters. The van der Waals surface area contributed by atoms with E-state index in [1.54, 1.807) is 6.20 Å². The Morgan fingerprint density at radius 3 is 2.71 bits per heavy atom. The maximum atomic E-state index is 10.6. The molecule has 14 heavy (non-hydrogen) atoms. The van der Waals surface area contributed by atoms with E-state index in [-0.39, 0.29) is 0 Å². The van der Waals surface area contributed by atoms with Crippen LogP contribution in [0, 0.1) is 0 Å². The van der Waals surface area contributed by atoms with E-state index >= 15 is 0 Å². The number of nitrogens with one attached hydrogen (secondary N) is 1. The Morgan fingerprint density at radius 2 is 2.07 bits per heavy atom. The molecule has 1 aromatic heterocycles. The van der Waals surface area contributed by atoms with Crippen LogP contribution in [-0.4, -0.2) is 11.3 Å². The number of aldehydes is 1. The lowest BCUT2D eigenvalue weighted by Crippen LogP contribution is -1.73. The molecule has 0 unspecified atom stereocenters. The van der Waals surface area contributed by atoms with Crippen molar-refractivity contribution in [1.29, 1.82) is 0 Å². The van der Waals surface area contributed by atoms with E-state index in [1.807, 2.05) is 32.0 Å². The second kappa shape index (κ2) is 4.96. The highest BCUT2D eigenvalue weighted by molar-refractivity contribution is 9.10. The Morgan fingerprint density at radius 1 is 1.36 bits per heavy atom. The summed E-state index contributed by atoms with van der Waals surface area (Å²) in [6.45, 7) is 4.00. The van der Waals surface area contributed by atoms with E-state index in [9.17, 15) is 4.79 Å². The van der Waals surface area contributed by atoms with Gasteiger partial charge in [0, 0.05) is 27.1 Å². The van der Waals surface area contributed by atoms with Crippen LogP contribution in [0.4, 0.5) is 0 Å². The second-order valence-corrected chi connectivity index (χ2v) is 3.47. The predicted molar refractivity (Wildman–Crippen MR) is 62.7 cm³/mol. The van der Waals surface area contributed by atoms with E-state index in [1.165, 1.54) is 0 Å². The number of hydrogen-bond acceptors (Lipinski definition) is 1. The van der Waals surface area contributed by atoms with E-state index < -0.39 is 0 Å². The first-order valence-corrected chi connectivity index (χ1v) is 5.32. The summed E-state index contributed by atoms with van der Waals surface area (Å²) in [5.41, 5.74) is 1.69. The highest BCUT2D eigenvalue weighted by atomic mass is 79.9. The molecule has 2 nitrogen and oxygen atoms in total. The third-order valence-electron chi connectivity index (χ3n) is 1.80. The van der Waals surface area contributed by atoms with E-state index in [0.717, 1.165) is 21.7 Å². The van der Waals surface area contributed by atoms with Gasteiger partial charge >= 0.3 is 0 Å². The fourth-order valence-corrected chi connectivity index (χ4v) is 1.57. The number of H-pyrrole nitrogens is 1. The van der Waals surface area contributed by atoms with E-state index in [2.05, 4.69) is 20.9 Å². The Labute approximate surface area is 91.5 Å². The Hall–Kier alpha value is -1.09. The molecule has 74 valence electrons. The lowest BCUT2D eigenvalue weighted by Gasteiger charge is -1.91. The van der Waals surface area contributed by atoms with Crippen LogP contribution in [0.25, 0.3) is 10.9 Å². The fourth-order valence-electron chi connectivity index (χ4n) is 1.21. The van der Waals surface area contributed by atoms with Gasteiger partial charge in [-0.05, 0) is 18.2 Å². The number of carbonyl (C=O) groups is 1. The minimum Gasteiger partial charge on any atom is -0.360 e. The molecular weight excluding hydrogens is 242 g/mol. The van der Waals surface area contributed by atoms with E-state index in [0.29, 0.717) is 5.56 Å². The number of rotatable bonds is 1. The van der Waals surface area contributed by atoms with Crippen LogP contribution in [0.5, 0.6) is 0 Å². The molecule has 0 aliphatic heterocycles. The summed E-state index contributed by atoms with van der Waals surface area (Å²) in [7, 11) is 0. The predicted octanol–water partition coefficient (Wildman–Crippen LogP) is 3.77. The number of benzene rings is 1. The second-order valence-electron chi connectivity index (χ2n) is 2.55. The van der Waals surface area contributed by atoms with Crippen molar-refractivity contribution in [2.45, 2.75) is 13.8 Å². The quantitative estimate of drug-likeness (QED) is 0.772. The third-order valence-corrected chi connectivity index (χ3v) is 2.30. The van der Waals surface area contributed by atoms with Crippen LogP contribution in [0.2, 0.25) is 0 Å². The highest BCUT2D eigenvalue weighted by Gasteiger charge is 2.01. The summed E-state index contributed by atoms with van der Waals surface area (Å²) < 4.78 is 0.984. The minimum atomic E-state index is 0.700. The summed E-state index contributed by atoms with van der Waals surface area (Å²) in [5.74, 6) is 0. The van der Waals surface area contributed by atoms with Crippen LogP contribution in [0.1, 0.15) is 24.2 Å². The average Bonchev–Trinajstić information content (AvgIpc) is 2.63. The zero-order valence-electron chi connectivity index (χ0n) is 8.17. The first kappa shape index (κ1) is 11.0. The van der Waals surface area contributed by atoms with Crippen LogP contribution >= 0.6 is 15.9 Å². The third kappa shape index (κ3) is 2.04. The number of hydrogen-bond donors (Lipinski definition) is 1. The number of fused-ring (bicyclic) bond motifs is 1. The SMILES string of the molecule is CC.O=Cc1c[nH]c2ccc(Br)cc12. The molecule has 1 aromatic carbocycles. The van der Waals surface area contributed by atoms with Crippen molar-refractivity contribution < 1.29 is 4.79 Å². The Kier molecular flexibility index (Phi) is 3.89. The molecule has 3 heteroatoms. The van der Waals surface area contributed by atoms with Crippen molar-refractivity contribution in [1.82, 2.24) is 4.98 Å². The largest absolute Gasteiger partial charge is 0.360 e. The van der Waals surface area contributed by atoms with Gasteiger partial charge in [-0.15, -0.1) is 0 Å². The molecular formula is C11H12BrNO. The van der Waals surface area contributed by atoms with Gasteiger partial charge < -0.3 is 4.98 Å². The van der Waals surface area contributed by atoms with Gasteiger partial charge in [-0.3, -0.25) is 4.79 Å². The standard InChI is InChI=1S/C9H6BrNO.C2H6/c10-7-1-2-9-8(3-7)6(5-12)4-11-9;1-2/h1-5,11H;1-2H3. The molecule has 0 bridgehead atoms. The van der Waals surface area contributed by atoms with Crippen molar-refractivity contribution >= 4 is 33.1 Å². The van der Waals surface area contributed by atoms with Crippen LogP contribution in [0.15, 0.2) is 28.9 Å². The smallest absolute Gasteiger partial charge is 0.152 e. The van der Waals surface area contributed by atoms with Crippen molar-refractivity contribution in [3.8, 4) is 0 Å². The zero-order chi connectivity index (χ0) is 10.6. The molecule has 2 rings (SSSR count). The van der Waals surface area contributed by atoms with Gasteiger partial charge in [0.25, 0.3) is 0 Å². The maximum absolute atomic E-state index is 10.6. The molecule has 0 amide bonds. The fraction of sp³-hybridized carbons (Fsp3) is 0.182. The first-order chi connectivity index (χ1) is 6.81. The molecule has 0 radical (unpaired) electrons. The van der Waals surface area contributed by atoms with Crippen molar-refractivity contribution in [2.75, 3.05) is 0 Å². The van der Waals surface area contributed by atoms with Gasteiger partial charge in [0.1, 0.15) is 0 Å². The number of halogens is 1. The lowest BCUT2D eigenvalue weighted by molar-refractivity contribution is 0.112. The molecule has 0 spiro atoms. The molecule has 0 saturated carbocycles. The molecule has 0 fully saturated rings. The van der Waals surface area contributed by atoms with Gasteiger partial charge in [-0.25, -0.2) is 0 Å². The van der Waals surface area contributed by atoms with Crippen LogP contribution in [-0.2, 0) is 0 Å². The molecule has 0 saturated heterocycles. The summed E-state index contributed by atoms with van der Waals surface area (Å²) in [5, 5.41) is 0.958. The first-order valence-electron chi connectivity index (χ1n) is 4.53. The molecule has 2 aromatic rings. The van der Waals surface area contributed by atoms with Crippen molar-refractivity contribution in [2.24, 2.45) is 0 Å². The van der Waals surface area contributed by atoms with Crippen LogP contribution in [0.3, 0.4) is 0 Å². The van der Waals surface area contributed by atoms with E-state index in [4.69, 9.17) is 0 Å². The normalized spacial score (nSPS) is 9.36. The lowest BCUT2D eigenvalue weighted by atomic mass is 10.2. The minimum absolute atomic E-state index is 0.700. The summed E-state index contributed by atoms with van der Waals surface area (Å²) in [4.78, 5) is 13.6. The summed E-state index contributed by atoms with van der Waals surface area (Å²) >= 11 is 3.35. The molecule has 1 N–H and O–H groups in total. The summed E-state index contributed by atoms with van der Waals surface area (Å²) in [6, 6.07) is 5.80. The molecule has 0 aliphatic carbocycles. The van der Waals surface area contributed by atoms with Gasteiger partial charge in [0.15, 0.2) is 6.29 Å². The molecule has 0 aliphatic rings. The number of aromatic nitrogens is 1. The topological polar surface area (TPSA) is 32.9 Å². The van der Waals surface area contributed by atoms with Gasteiger partial charge in [-0.1, -0.05) is 29.8 Å². The Balaban J connectivity index is 0.000000461. The van der Waals surface area contributed by atoms with Gasteiger partial charge in [0.2, 0.25) is 0 Å². The van der Waals surface area contributed by atoms with Crippen LogP contribution < -0.4 is 0 Å². The number of carbonyl (C=O) groups excluding carboxylic acids is 1. The van der Waals surface area contributed by atoms with Crippen molar-refractivity contribution in [3.63, 3.8) is 0 Å². The number of aromatic amines is 1. The molecule has 1 heterocycles. The maximum Gasteiger partial charge on any atom is 0.152 e. The Bertz CT molecular complexity index is 434. The van der Waals surface area contributed by atoms with Gasteiger partial charge in [0.05, 0.1) is 0 Å². The summed E-state index contributed by atoms with van der Waals surface area (Å²) in [6.07, 6.45) is 2.56. The highest BCUT2D eigenvalue weighted by Crippen LogP contribution is 2.21. The zero-order valence-corrected chi connectivity index (χ0v) is 9.76. The average molecular weight is 254 g/mol. The van der Waals surface area contributed by atoms with Crippen molar-refractivity contribution in [3.05, 3.63) is 34.4 Å². The monoisotopic (exact) mass is 253 g/mol.